The van der Waals surface area contributed by atoms with Crippen LogP contribution in [0.3, 0.4) is 0 Å². The Morgan fingerprint density at radius 3 is 2.73 bits per heavy atom. The summed E-state index contributed by atoms with van der Waals surface area (Å²) in [4.78, 5) is 15.9. The number of thiophene rings is 1. The molecule has 3 aromatic rings. The lowest BCUT2D eigenvalue weighted by molar-refractivity contribution is -0.126. The number of hydrogen-bond acceptors (Lipinski definition) is 4. The highest BCUT2D eigenvalue weighted by molar-refractivity contribution is 7.91. The first-order chi connectivity index (χ1) is 14.5. The molecule has 0 saturated carbocycles. The number of carbonyl (C=O) groups excluding carboxylic acids is 1. The van der Waals surface area contributed by atoms with Gasteiger partial charge in [0, 0.05) is 42.7 Å². The topological polar surface area (TPSA) is 82.3 Å². The molecule has 4 rings (SSSR count). The van der Waals surface area contributed by atoms with Gasteiger partial charge in [-0.05, 0) is 48.3 Å². The molecule has 1 amide bonds. The molecule has 6 nitrogen and oxygen atoms in total. The van der Waals surface area contributed by atoms with Crippen LogP contribution in [0, 0.1) is 11.8 Å². The molecule has 1 aliphatic rings. The van der Waals surface area contributed by atoms with Crippen LogP contribution in [0.25, 0.3) is 10.9 Å². The smallest absolute Gasteiger partial charge is 0.252 e. The fourth-order valence-electron chi connectivity index (χ4n) is 4.19. The minimum Gasteiger partial charge on any atom is -0.361 e. The molecule has 0 radical (unpaired) electrons. The number of rotatable bonds is 7. The van der Waals surface area contributed by atoms with E-state index in [2.05, 4.69) is 16.4 Å². The van der Waals surface area contributed by atoms with Gasteiger partial charge in [-0.3, -0.25) is 4.79 Å². The van der Waals surface area contributed by atoms with E-state index < -0.39 is 10.0 Å². The van der Waals surface area contributed by atoms with Crippen LogP contribution in [0.2, 0.25) is 0 Å². The van der Waals surface area contributed by atoms with E-state index in [-0.39, 0.29) is 17.7 Å². The molecule has 30 heavy (non-hydrogen) atoms. The van der Waals surface area contributed by atoms with Crippen LogP contribution in [0.4, 0.5) is 0 Å². The summed E-state index contributed by atoms with van der Waals surface area (Å²) in [6.45, 7) is 3.49. The normalized spacial score (nSPS) is 17.2. The maximum Gasteiger partial charge on any atom is 0.252 e. The summed E-state index contributed by atoms with van der Waals surface area (Å²) in [7, 11) is -3.40. The molecule has 2 aromatic heterocycles. The summed E-state index contributed by atoms with van der Waals surface area (Å²) in [5.74, 6) is 0.127. The summed E-state index contributed by atoms with van der Waals surface area (Å²) >= 11 is 1.25. The van der Waals surface area contributed by atoms with Gasteiger partial charge in [0.05, 0.1) is 0 Å². The van der Waals surface area contributed by atoms with Crippen LogP contribution in [-0.4, -0.2) is 43.2 Å². The van der Waals surface area contributed by atoms with Crippen molar-refractivity contribution < 1.29 is 13.2 Å². The van der Waals surface area contributed by atoms with Gasteiger partial charge in [-0.25, -0.2) is 8.42 Å². The number of hydrogen-bond donors (Lipinski definition) is 2. The number of benzene rings is 1. The van der Waals surface area contributed by atoms with E-state index in [1.54, 1.807) is 21.8 Å². The van der Waals surface area contributed by atoms with Gasteiger partial charge in [0.25, 0.3) is 10.0 Å². The Labute approximate surface area is 181 Å². The molecule has 1 saturated heterocycles. The van der Waals surface area contributed by atoms with Gasteiger partial charge in [-0.1, -0.05) is 31.2 Å². The first-order valence-electron chi connectivity index (χ1n) is 10.3. The van der Waals surface area contributed by atoms with Gasteiger partial charge in [0.1, 0.15) is 4.21 Å². The first kappa shape index (κ1) is 21.1. The third-order valence-corrected chi connectivity index (χ3v) is 9.35. The van der Waals surface area contributed by atoms with E-state index in [0.29, 0.717) is 36.7 Å². The Kier molecular flexibility index (Phi) is 6.26. The van der Waals surface area contributed by atoms with Crippen molar-refractivity contribution in [2.75, 3.05) is 19.6 Å². The molecule has 0 unspecified atom stereocenters. The van der Waals surface area contributed by atoms with Crippen LogP contribution < -0.4 is 5.32 Å². The van der Waals surface area contributed by atoms with Crippen molar-refractivity contribution in [1.29, 1.82) is 0 Å². The van der Waals surface area contributed by atoms with Gasteiger partial charge in [-0.15, -0.1) is 11.3 Å². The van der Waals surface area contributed by atoms with Crippen molar-refractivity contribution >= 4 is 38.2 Å². The van der Waals surface area contributed by atoms with E-state index in [1.807, 2.05) is 31.3 Å². The Hall–Kier alpha value is -2.16. The number of para-hydroxylation sites is 1. The number of fused-ring (bicyclic) bond motifs is 1. The number of aromatic nitrogens is 1. The molecular formula is C22H27N3O3S2. The standard InChI is InChI=1S/C22H27N3O3S2/c1-16(17-9-12-25(13-10-17)30(27,28)21-7-4-14-29-21)22(26)23-11-8-18-15-24-20-6-3-2-5-19(18)20/h2-7,14-17,24H,8-13H2,1H3,(H,23,26)/t16-/m0/s1. The van der Waals surface area contributed by atoms with Crippen molar-refractivity contribution in [2.24, 2.45) is 11.8 Å². The highest BCUT2D eigenvalue weighted by Gasteiger charge is 2.33. The summed E-state index contributed by atoms with van der Waals surface area (Å²) in [5, 5.41) is 6.04. The zero-order chi connectivity index (χ0) is 21.1. The van der Waals surface area contributed by atoms with Crippen LogP contribution in [0.1, 0.15) is 25.3 Å². The molecule has 0 aliphatic carbocycles. The fraction of sp³-hybridized carbons (Fsp3) is 0.409. The summed E-state index contributed by atoms with van der Waals surface area (Å²) < 4.78 is 27.3. The predicted octanol–water partition coefficient (Wildman–Crippen LogP) is 3.63. The van der Waals surface area contributed by atoms with E-state index in [0.717, 1.165) is 11.9 Å². The molecule has 1 fully saturated rings. The molecule has 160 valence electrons. The molecule has 1 aromatic carbocycles. The van der Waals surface area contributed by atoms with Gasteiger partial charge >= 0.3 is 0 Å². The quantitative estimate of drug-likeness (QED) is 0.583. The zero-order valence-corrected chi connectivity index (χ0v) is 18.6. The lowest BCUT2D eigenvalue weighted by Gasteiger charge is -2.33. The summed E-state index contributed by atoms with van der Waals surface area (Å²) in [5.41, 5.74) is 2.31. The van der Waals surface area contributed by atoms with Crippen molar-refractivity contribution in [3.8, 4) is 0 Å². The van der Waals surface area contributed by atoms with Crippen molar-refractivity contribution in [1.82, 2.24) is 14.6 Å². The van der Waals surface area contributed by atoms with Crippen molar-refractivity contribution in [3.05, 3.63) is 53.5 Å². The monoisotopic (exact) mass is 445 g/mol. The predicted molar refractivity (Wildman–Crippen MR) is 120 cm³/mol. The minimum absolute atomic E-state index is 0.0504. The van der Waals surface area contributed by atoms with Crippen LogP contribution in [0.15, 0.2) is 52.2 Å². The van der Waals surface area contributed by atoms with Gasteiger partial charge in [0.2, 0.25) is 5.91 Å². The fourth-order valence-corrected chi connectivity index (χ4v) is 6.80. The minimum atomic E-state index is -3.40. The van der Waals surface area contributed by atoms with Crippen molar-refractivity contribution in [3.63, 3.8) is 0 Å². The first-order valence-corrected chi connectivity index (χ1v) is 12.6. The molecule has 8 heteroatoms. The molecule has 1 atom stereocenters. The Bertz CT molecular complexity index is 1100. The second-order valence-electron chi connectivity index (χ2n) is 7.86. The molecule has 0 spiro atoms. The molecular weight excluding hydrogens is 418 g/mol. The van der Waals surface area contributed by atoms with Crippen LogP contribution in [0.5, 0.6) is 0 Å². The Balaban J connectivity index is 1.27. The third-order valence-electron chi connectivity index (χ3n) is 6.08. The SMILES string of the molecule is C[C@H](C(=O)NCCc1c[nH]c2ccccc12)C1CCN(S(=O)(=O)c2cccs2)CC1. The average Bonchev–Trinajstić information content (AvgIpc) is 3.44. The summed E-state index contributed by atoms with van der Waals surface area (Å²) in [6, 6.07) is 11.6. The van der Waals surface area contributed by atoms with Gasteiger partial charge < -0.3 is 10.3 Å². The highest BCUT2D eigenvalue weighted by Crippen LogP contribution is 2.30. The molecule has 0 bridgehead atoms. The Morgan fingerprint density at radius 1 is 1.23 bits per heavy atom. The largest absolute Gasteiger partial charge is 0.361 e. The number of sulfonamides is 1. The number of amides is 1. The number of nitrogens with one attached hydrogen (secondary N) is 2. The van der Waals surface area contributed by atoms with E-state index in [4.69, 9.17) is 0 Å². The maximum atomic E-state index is 12.7. The van der Waals surface area contributed by atoms with Crippen LogP contribution >= 0.6 is 11.3 Å². The molecule has 1 aliphatic heterocycles. The van der Waals surface area contributed by atoms with E-state index >= 15 is 0 Å². The molecule has 2 N–H and O–H groups in total. The van der Waals surface area contributed by atoms with Crippen LogP contribution in [-0.2, 0) is 21.2 Å². The van der Waals surface area contributed by atoms with Gasteiger partial charge in [0.15, 0.2) is 0 Å². The number of piperidine rings is 1. The number of aromatic amines is 1. The lowest BCUT2D eigenvalue weighted by Crippen LogP contribution is -2.42. The second kappa shape index (κ2) is 8.91. The van der Waals surface area contributed by atoms with Gasteiger partial charge in [-0.2, -0.15) is 4.31 Å². The lowest BCUT2D eigenvalue weighted by atomic mass is 9.85. The number of H-pyrrole nitrogens is 1. The number of carbonyl (C=O) groups is 1. The second-order valence-corrected chi connectivity index (χ2v) is 11.0. The highest BCUT2D eigenvalue weighted by atomic mass is 32.2. The third kappa shape index (κ3) is 4.31. The molecule has 3 heterocycles. The zero-order valence-electron chi connectivity index (χ0n) is 17.0. The summed E-state index contributed by atoms with van der Waals surface area (Å²) in [6.07, 6.45) is 4.20. The van der Waals surface area contributed by atoms with E-state index in [1.165, 1.54) is 22.3 Å². The van der Waals surface area contributed by atoms with E-state index in [9.17, 15) is 13.2 Å². The number of nitrogens with zero attached hydrogens (tertiary/aromatic N) is 1. The Morgan fingerprint density at radius 2 is 2.00 bits per heavy atom. The average molecular weight is 446 g/mol. The van der Waals surface area contributed by atoms with Crippen molar-refractivity contribution in [2.45, 2.75) is 30.4 Å². The maximum absolute atomic E-state index is 12.7.